The highest BCUT2D eigenvalue weighted by Crippen LogP contribution is 2.30. The van der Waals surface area contributed by atoms with Crippen molar-refractivity contribution in [3.05, 3.63) is 106 Å². The number of hydrogen-bond donors (Lipinski definition) is 5. The van der Waals surface area contributed by atoms with E-state index in [0.29, 0.717) is 54.0 Å². The number of likely N-dealkylation sites (tertiary alicyclic amines) is 1. The molecule has 3 fully saturated rings. The van der Waals surface area contributed by atoms with E-state index in [0.717, 1.165) is 75.4 Å². The van der Waals surface area contributed by atoms with Gasteiger partial charge in [0.25, 0.3) is 5.91 Å². The third-order valence-electron chi connectivity index (χ3n) is 11.5. The molecular formula is C41H48N10O4. The van der Waals surface area contributed by atoms with Crippen LogP contribution in [-0.4, -0.2) is 105 Å². The van der Waals surface area contributed by atoms with Gasteiger partial charge in [-0.15, -0.1) is 0 Å². The minimum Gasteiger partial charge on any atom is -0.507 e. The maximum Gasteiger partial charge on any atom is 0.255 e. The van der Waals surface area contributed by atoms with Crippen molar-refractivity contribution in [3.8, 4) is 5.75 Å². The standard InChI is InChI=1S/C41H48N10O4/c42-33(32-3-1-2-4-36(32)52)20-35-38(43)44-23-30-25-49(17-18-50(30)35)41-45-21-28(22-46-41)6-5-26-11-14-48(15-12-26)16-13-27-7-8-31-29(19-27)24-51(40(31)55)34-9-10-37(53)47-39(34)54/h1-8,19-22,26,30,34,44,52H,9-18,23-25,42-43H2,(H,47,53,54)/b6-5+,33-20-. The van der Waals surface area contributed by atoms with Crippen molar-refractivity contribution in [1.82, 2.24) is 35.3 Å². The predicted octanol–water partition coefficient (Wildman–Crippen LogP) is 2.13. The molecule has 3 saturated heterocycles. The fourth-order valence-corrected chi connectivity index (χ4v) is 8.37. The number of nitrogens with zero attached hydrogens (tertiary/aromatic N) is 6. The van der Waals surface area contributed by atoms with Crippen LogP contribution in [0.25, 0.3) is 11.8 Å². The van der Waals surface area contributed by atoms with Crippen LogP contribution >= 0.6 is 0 Å². The molecule has 3 aromatic rings. The summed E-state index contributed by atoms with van der Waals surface area (Å²) in [6.07, 6.45) is 13.8. The number of hydrogen-bond acceptors (Lipinski definition) is 12. The van der Waals surface area contributed by atoms with Crippen molar-refractivity contribution in [2.75, 3.05) is 50.7 Å². The molecule has 2 atom stereocenters. The van der Waals surface area contributed by atoms with E-state index < -0.39 is 6.04 Å². The van der Waals surface area contributed by atoms with Gasteiger partial charge in [-0.05, 0) is 80.1 Å². The zero-order valence-electron chi connectivity index (χ0n) is 30.9. The maximum absolute atomic E-state index is 13.0. The van der Waals surface area contributed by atoms with E-state index in [9.17, 15) is 19.5 Å². The molecule has 2 aromatic carbocycles. The number of piperidine rings is 2. The number of fused-ring (bicyclic) bond motifs is 2. The number of aromatic hydroxyl groups is 1. The summed E-state index contributed by atoms with van der Waals surface area (Å²) in [6, 6.07) is 12.6. The summed E-state index contributed by atoms with van der Waals surface area (Å²) in [5, 5.41) is 16.0. The number of imide groups is 1. The third kappa shape index (κ3) is 7.72. The van der Waals surface area contributed by atoms with Crippen LogP contribution in [0.2, 0.25) is 0 Å². The zero-order valence-corrected chi connectivity index (χ0v) is 30.9. The van der Waals surface area contributed by atoms with Gasteiger partial charge in [0.05, 0.1) is 11.7 Å². The molecule has 7 N–H and O–H groups in total. The Bertz CT molecular complexity index is 2060. The molecular weight excluding hydrogens is 697 g/mol. The van der Waals surface area contributed by atoms with Gasteiger partial charge in [-0.25, -0.2) is 9.97 Å². The molecule has 2 unspecified atom stereocenters. The number of para-hydroxylation sites is 1. The summed E-state index contributed by atoms with van der Waals surface area (Å²) >= 11 is 0. The van der Waals surface area contributed by atoms with Gasteiger partial charge in [0.15, 0.2) is 0 Å². The molecule has 0 aliphatic carbocycles. The first-order valence-corrected chi connectivity index (χ1v) is 19.2. The Kier molecular flexibility index (Phi) is 10.1. The van der Waals surface area contributed by atoms with Crippen LogP contribution < -0.4 is 27.0 Å². The number of aromatic nitrogens is 2. The number of allylic oxidation sites excluding steroid dienone is 2. The lowest BCUT2D eigenvalue weighted by Gasteiger charge is -2.46. The number of phenolic OH excluding ortho intramolecular Hbond substituents is 1. The van der Waals surface area contributed by atoms with Crippen LogP contribution in [0.4, 0.5) is 5.95 Å². The van der Waals surface area contributed by atoms with Crippen molar-refractivity contribution < 1.29 is 19.5 Å². The molecule has 14 heteroatoms. The summed E-state index contributed by atoms with van der Waals surface area (Å²) in [6.45, 7) is 6.31. The van der Waals surface area contributed by atoms with Crippen LogP contribution in [-0.2, 0) is 22.6 Å². The molecule has 0 bridgehead atoms. The number of piperazine rings is 1. The second-order valence-corrected chi connectivity index (χ2v) is 15.1. The van der Waals surface area contributed by atoms with E-state index in [1.165, 1.54) is 5.56 Å². The molecule has 14 nitrogen and oxygen atoms in total. The highest BCUT2D eigenvalue weighted by molar-refractivity contribution is 6.05. The highest BCUT2D eigenvalue weighted by Gasteiger charge is 2.39. The van der Waals surface area contributed by atoms with E-state index in [4.69, 9.17) is 21.4 Å². The first-order valence-electron chi connectivity index (χ1n) is 19.2. The molecule has 286 valence electrons. The van der Waals surface area contributed by atoms with Gasteiger partial charge in [0.1, 0.15) is 17.6 Å². The Morgan fingerprint density at radius 1 is 0.982 bits per heavy atom. The number of phenols is 1. The minimum absolute atomic E-state index is 0.131. The lowest BCUT2D eigenvalue weighted by atomic mass is 9.95. The SMILES string of the molecule is NC1=C(/C=C(\N)c2ccccc2O)N2CCN(c3ncc(/C=C/C4CCN(CCc5ccc6c(c5)CN(C5CCC(=O)NC5=O)C6=O)CC4)cn3)CC2CN1. The highest BCUT2D eigenvalue weighted by atomic mass is 16.3. The Balaban J connectivity index is 0.793. The summed E-state index contributed by atoms with van der Waals surface area (Å²) in [4.78, 5) is 55.0. The lowest BCUT2D eigenvalue weighted by molar-refractivity contribution is -0.136. The Morgan fingerprint density at radius 2 is 1.78 bits per heavy atom. The van der Waals surface area contributed by atoms with Crippen molar-refractivity contribution in [3.63, 3.8) is 0 Å². The van der Waals surface area contributed by atoms with Crippen LogP contribution in [0.5, 0.6) is 5.75 Å². The first kappa shape index (κ1) is 36.1. The lowest BCUT2D eigenvalue weighted by Crippen LogP contribution is -2.59. The van der Waals surface area contributed by atoms with E-state index >= 15 is 0 Å². The monoisotopic (exact) mass is 744 g/mol. The zero-order chi connectivity index (χ0) is 38.1. The number of nitrogens with two attached hydrogens (primary N) is 2. The van der Waals surface area contributed by atoms with Crippen molar-refractivity contribution in [2.24, 2.45) is 17.4 Å². The molecule has 5 aliphatic rings. The van der Waals surface area contributed by atoms with Crippen LogP contribution in [0.3, 0.4) is 0 Å². The third-order valence-corrected chi connectivity index (χ3v) is 11.5. The number of carbonyl (C=O) groups is 3. The number of nitrogens with one attached hydrogen (secondary N) is 2. The summed E-state index contributed by atoms with van der Waals surface area (Å²) < 4.78 is 0. The quantitative estimate of drug-likeness (QED) is 0.202. The topological polar surface area (TPSA) is 186 Å². The van der Waals surface area contributed by atoms with Gasteiger partial charge in [-0.2, -0.15) is 0 Å². The van der Waals surface area contributed by atoms with Crippen LogP contribution in [0, 0.1) is 5.92 Å². The van der Waals surface area contributed by atoms with Crippen LogP contribution in [0.15, 0.2) is 78.5 Å². The van der Waals surface area contributed by atoms with Gasteiger partial charge < -0.3 is 41.5 Å². The summed E-state index contributed by atoms with van der Waals surface area (Å²) in [5.74, 6) is 1.11. The summed E-state index contributed by atoms with van der Waals surface area (Å²) in [7, 11) is 0. The van der Waals surface area contributed by atoms with E-state index in [1.807, 2.05) is 36.7 Å². The summed E-state index contributed by atoms with van der Waals surface area (Å²) in [5.41, 5.74) is 18.4. The Hall–Kier alpha value is -5.89. The number of carbonyl (C=O) groups excluding carboxylic acids is 3. The van der Waals surface area contributed by atoms with Crippen molar-refractivity contribution in [1.29, 1.82) is 0 Å². The molecule has 3 amide bonds. The predicted molar refractivity (Wildman–Crippen MR) is 209 cm³/mol. The second-order valence-electron chi connectivity index (χ2n) is 15.1. The van der Waals surface area contributed by atoms with Gasteiger partial charge in [0.2, 0.25) is 17.8 Å². The Morgan fingerprint density at radius 3 is 2.56 bits per heavy atom. The molecule has 0 saturated carbocycles. The minimum atomic E-state index is -0.591. The van der Waals surface area contributed by atoms with Crippen molar-refractivity contribution in [2.45, 2.75) is 50.7 Å². The van der Waals surface area contributed by atoms with Crippen LogP contribution in [0.1, 0.15) is 58.3 Å². The molecule has 0 radical (unpaired) electrons. The molecule has 8 rings (SSSR count). The Labute approximate surface area is 320 Å². The number of amides is 3. The van der Waals surface area contributed by atoms with Crippen molar-refractivity contribution >= 4 is 35.4 Å². The fraction of sp³-hybridized carbons (Fsp3) is 0.390. The molecule has 5 aliphatic heterocycles. The first-order chi connectivity index (χ1) is 26.7. The number of anilines is 1. The largest absolute Gasteiger partial charge is 0.507 e. The maximum atomic E-state index is 13.0. The van der Waals surface area contributed by atoms with E-state index in [2.05, 4.69) is 43.6 Å². The normalized spacial score (nSPS) is 22.6. The van der Waals surface area contributed by atoms with Gasteiger partial charge in [0, 0.05) is 80.5 Å². The number of benzene rings is 2. The smallest absolute Gasteiger partial charge is 0.255 e. The molecule has 55 heavy (non-hydrogen) atoms. The molecule has 0 spiro atoms. The number of rotatable bonds is 9. The van der Waals surface area contributed by atoms with Gasteiger partial charge in [-0.1, -0.05) is 36.4 Å². The van der Waals surface area contributed by atoms with Gasteiger partial charge >= 0.3 is 0 Å². The molecule has 6 heterocycles. The van der Waals surface area contributed by atoms with E-state index in [-0.39, 0.29) is 35.9 Å². The molecule has 1 aromatic heterocycles. The average molecular weight is 745 g/mol. The fourth-order valence-electron chi connectivity index (χ4n) is 8.37. The van der Waals surface area contributed by atoms with E-state index in [1.54, 1.807) is 23.1 Å². The van der Waals surface area contributed by atoms with Gasteiger partial charge in [-0.3, -0.25) is 19.7 Å². The second kappa shape index (κ2) is 15.5. The average Bonchev–Trinajstić information content (AvgIpc) is 3.52.